The number of amides is 1. The molecular formula is C18H20N2O2. The normalized spacial score (nSPS) is 15.1. The van der Waals surface area contributed by atoms with Gasteiger partial charge < -0.3 is 10.1 Å². The van der Waals surface area contributed by atoms with Crippen molar-refractivity contribution in [3.8, 4) is 5.88 Å². The molecule has 1 aromatic heterocycles. The van der Waals surface area contributed by atoms with Gasteiger partial charge in [0.25, 0.3) is 5.91 Å². The standard InChI is InChI=1S/C18H20N2O2/c1-2-22-17-15(9-6-12-19-17)16(21)20-13-18(10-11-18)14-7-4-3-5-8-14/h3-9,12H,2,10-11,13H2,1H3,(H,20,21). The maximum absolute atomic E-state index is 12.4. The quantitative estimate of drug-likeness (QED) is 0.891. The van der Waals surface area contributed by atoms with Gasteiger partial charge in [0.2, 0.25) is 5.88 Å². The van der Waals surface area contributed by atoms with Gasteiger partial charge in [-0.2, -0.15) is 0 Å². The van der Waals surface area contributed by atoms with E-state index in [9.17, 15) is 4.79 Å². The molecule has 0 aliphatic heterocycles. The number of carbonyl (C=O) groups excluding carboxylic acids is 1. The second-order valence-electron chi connectivity index (χ2n) is 5.62. The molecular weight excluding hydrogens is 276 g/mol. The summed E-state index contributed by atoms with van der Waals surface area (Å²) in [5, 5.41) is 3.04. The zero-order chi connectivity index (χ0) is 15.4. The molecule has 0 spiro atoms. The Labute approximate surface area is 130 Å². The van der Waals surface area contributed by atoms with Crippen molar-refractivity contribution in [1.82, 2.24) is 10.3 Å². The highest BCUT2D eigenvalue weighted by Crippen LogP contribution is 2.47. The molecule has 1 aliphatic rings. The third-order valence-corrected chi connectivity index (χ3v) is 4.12. The van der Waals surface area contributed by atoms with Crippen molar-refractivity contribution < 1.29 is 9.53 Å². The van der Waals surface area contributed by atoms with Crippen LogP contribution in [0, 0.1) is 0 Å². The smallest absolute Gasteiger partial charge is 0.256 e. The van der Waals surface area contributed by atoms with Gasteiger partial charge in [0.15, 0.2) is 0 Å². The number of nitrogens with zero attached hydrogens (tertiary/aromatic N) is 1. The lowest BCUT2D eigenvalue weighted by atomic mass is 9.96. The molecule has 1 aromatic carbocycles. The molecule has 4 heteroatoms. The van der Waals surface area contributed by atoms with E-state index in [1.54, 1.807) is 18.3 Å². The van der Waals surface area contributed by atoms with Crippen LogP contribution in [-0.4, -0.2) is 24.0 Å². The van der Waals surface area contributed by atoms with Gasteiger partial charge in [-0.25, -0.2) is 4.98 Å². The first kappa shape index (κ1) is 14.6. The molecule has 114 valence electrons. The lowest BCUT2D eigenvalue weighted by molar-refractivity contribution is 0.0945. The van der Waals surface area contributed by atoms with Crippen LogP contribution < -0.4 is 10.1 Å². The summed E-state index contributed by atoms with van der Waals surface area (Å²) in [4.78, 5) is 16.5. The monoisotopic (exact) mass is 296 g/mol. The van der Waals surface area contributed by atoms with Gasteiger partial charge in [-0.3, -0.25) is 4.79 Å². The molecule has 0 atom stereocenters. The number of ether oxygens (including phenoxy) is 1. The van der Waals surface area contributed by atoms with Gasteiger partial charge in [-0.1, -0.05) is 30.3 Å². The van der Waals surface area contributed by atoms with Gasteiger partial charge in [0.05, 0.1) is 6.61 Å². The van der Waals surface area contributed by atoms with Crippen LogP contribution in [0.3, 0.4) is 0 Å². The molecule has 1 saturated carbocycles. The molecule has 0 unspecified atom stereocenters. The largest absolute Gasteiger partial charge is 0.477 e. The summed E-state index contributed by atoms with van der Waals surface area (Å²) in [6.45, 7) is 3.02. The first-order chi connectivity index (χ1) is 10.7. The second kappa shape index (κ2) is 6.18. The van der Waals surface area contributed by atoms with Crippen LogP contribution in [-0.2, 0) is 5.41 Å². The van der Waals surface area contributed by atoms with Gasteiger partial charge in [-0.15, -0.1) is 0 Å². The number of benzene rings is 1. The maximum Gasteiger partial charge on any atom is 0.256 e. The molecule has 1 fully saturated rings. The van der Waals surface area contributed by atoms with E-state index in [1.807, 2.05) is 25.1 Å². The summed E-state index contributed by atoms with van der Waals surface area (Å²) in [6.07, 6.45) is 3.86. The van der Waals surface area contributed by atoms with Gasteiger partial charge >= 0.3 is 0 Å². The van der Waals surface area contributed by atoms with Crippen molar-refractivity contribution in [3.05, 3.63) is 59.8 Å². The van der Waals surface area contributed by atoms with Crippen molar-refractivity contribution >= 4 is 5.91 Å². The first-order valence-corrected chi connectivity index (χ1v) is 7.67. The highest BCUT2D eigenvalue weighted by Gasteiger charge is 2.44. The van der Waals surface area contributed by atoms with E-state index in [0.29, 0.717) is 24.6 Å². The Morgan fingerprint density at radius 3 is 2.68 bits per heavy atom. The molecule has 3 rings (SSSR count). The minimum atomic E-state index is -0.126. The predicted molar refractivity (Wildman–Crippen MR) is 85.1 cm³/mol. The molecule has 0 radical (unpaired) electrons. The summed E-state index contributed by atoms with van der Waals surface area (Å²) in [7, 11) is 0. The average Bonchev–Trinajstić information content (AvgIpc) is 3.36. The number of carbonyl (C=O) groups is 1. The Hall–Kier alpha value is -2.36. The number of aromatic nitrogens is 1. The van der Waals surface area contributed by atoms with Gasteiger partial charge in [0, 0.05) is 18.2 Å². The zero-order valence-electron chi connectivity index (χ0n) is 12.7. The van der Waals surface area contributed by atoms with Crippen molar-refractivity contribution in [2.24, 2.45) is 0 Å². The van der Waals surface area contributed by atoms with Crippen LogP contribution in [0.5, 0.6) is 5.88 Å². The van der Waals surface area contributed by atoms with E-state index in [-0.39, 0.29) is 11.3 Å². The van der Waals surface area contributed by atoms with Gasteiger partial charge in [-0.05, 0) is 37.5 Å². The molecule has 0 saturated heterocycles. The van der Waals surface area contributed by atoms with Crippen LogP contribution in [0.4, 0.5) is 0 Å². The second-order valence-corrected chi connectivity index (χ2v) is 5.62. The van der Waals surface area contributed by atoms with E-state index in [0.717, 1.165) is 12.8 Å². The fourth-order valence-corrected chi connectivity index (χ4v) is 2.67. The summed E-state index contributed by atoms with van der Waals surface area (Å²) in [5.74, 6) is 0.269. The van der Waals surface area contributed by atoms with Crippen molar-refractivity contribution in [2.75, 3.05) is 13.2 Å². The number of rotatable bonds is 6. The molecule has 1 aliphatic carbocycles. The summed E-state index contributed by atoms with van der Waals surface area (Å²) in [6, 6.07) is 13.9. The Balaban J connectivity index is 1.68. The highest BCUT2D eigenvalue weighted by molar-refractivity contribution is 5.96. The van der Waals surface area contributed by atoms with Crippen LogP contribution >= 0.6 is 0 Å². The van der Waals surface area contributed by atoms with Crippen LogP contribution in [0.25, 0.3) is 0 Å². The topological polar surface area (TPSA) is 51.2 Å². The molecule has 1 heterocycles. The SMILES string of the molecule is CCOc1ncccc1C(=O)NCC1(c2ccccc2)CC1. The lowest BCUT2D eigenvalue weighted by Crippen LogP contribution is -2.32. The van der Waals surface area contributed by atoms with Crippen LogP contribution in [0.15, 0.2) is 48.7 Å². The summed E-state index contributed by atoms with van der Waals surface area (Å²) in [5.41, 5.74) is 1.89. The van der Waals surface area contributed by atoms with E-state index in [4.69, 9.17) is 4.74 Å². The minimum Gasteiger partial charge on any atom is -0.477 e. The third kappa shape index (κ3) is 2.96. The summed E-state index contributed by atoms with van der Waals surface area (Å²) >= 11 is 0. The maximum atomic E-state index is 12.4. The van der Waals surface area contributed by atoms with Crippen LogP contribution in [0.1, 0.15) is 35.7 Å². The van der Waals surface area contributed by atoms with Crippen molar-refractivity contribution in [2.45, 2.75) is 25.2 Å². The Kier molecular flexibility index (Phi) is 4.09. The van der Waals surface area contributed by atoms with Crippen molar-refractivity contribution in [3.63, 3.8) is 0 Å². The lowest BCUT2D eigenvalue weighted by Gasteiger charge is -2.17. The molecule has 4 nitrogen and oxygen atoms in total. The highest BCUT2D eigenvalue weighted by atomic mass is 16.5. The first-order valence-electron chi connectivity index (χ1n) is 7.67. The molecule has 2 aromatic rings. The fraction of sp³-hybridized carbons (Fsp3) is 0.333. The Bertz CT molecular complexity index is 651. The van der Waals surface area contributed by atoms with E-state index in [1.165, 1.54) is 5.56 Å². The zero-order valence-corrected chi connectivity index (χ0v) is 12.7. The molecule has 0 bridgehead atoms. The average molecular weight is 296 g/mol. The number of hydrogen-bond donors (Lipinski definition) is 1. The number of nitrogens with one attached hydrogen (secondary N) is 1. The van der Waals surface area contributed by atoms with Crippen LogP contribution in [0.2, 0.25) is 0 Å². The van der Waals surface area contributed by atoms with Crippen molar-refractivity contribution in [1.29, 1.82) is 0 Å². The van der Waals surface area contributed by atoms with E-state index < -0.39 is 0 Å². The van der Waals surface area contributed by atoms with E-state index >= 15 is 0 Å². The molecule has 1 N–H and O–H groups in total. The Morgan fingerprint density at radius 2 is 2.00 bits per heavy atom. The minimum absolute atomic E-state index is 0.102. The number of pyridine rings is 1. The predicted octanol–water partition coefficient (Wildman–Crippen LogP) is 2.94. The third-order valence-electron chi connectivity index (χ3n) is 4.12. The summed E-state index contributed by atoms with van der Waals surface area (Å²) < 4.78 is 5.42. The Morgan fingerprint density at radius 1 is 1.23 bits per heavy atom. The fourth-order valence-electron chi connectivity index (χ4n) is 2.67. The van der Waals surface area contributed by atoms with Gasteiger partial charge in [0.1, 0.15) is 5.56 Å². The number of hydrogen-bond acceptors (Lipinski definition) is 3. The molecule has 22 heavy (non-hydrogen) atoms. The van der Waals surface area contributed by atoms with E-state index in [2.05, 4.69) is 22.4 Å². The molecule has 1 amide bonds.